The standard InChI is InChI=1S/C13H15ClN2O/c1-9-6-11(14)7-12-13(15-8-16(9)12)10-2-4-17-5-3-10/h6-8,10H,2-5H2,1H3. The molecule has 2 aromatic rings. The summed E-state index contributed by atoms with van der Waals surface area (Å²) >= 11 is 6.13. The Bertz CT molecular complexity index is 544. The third kappa shape index (κ3) is 1.94. The molecule has 2 aromatic heterocycles. The largest absolute Gasteiger partial charge is 0.381 e. The molecule has 1 fully saturated rings. The van der Waals surface area contributed by atoms with Gasteiger partial charge >= 0.3 is 0 Å². The highest BCUT2D eigenvalue weighted by Gasteiger charge is 2.20. The number of aromatic nitrogens is 2. The van der Waals surface area contributed by atoms with Crippen molar-refractivity contribution in [2.75, 3.05) is 13.2 Å². The highest BCUT2D eigenvalue weighted by Crippen LogP contribution is 2.30. The SMILES string of the molecule is Cc1cc(Cl)cc2c(C3CCOCC3)ncn12. The fraction of sp³-hybridized carbons (Fsp3) is 0.462. The van der Waals surface area contributed by atoms with E-state index < -0.39 is 0 Å². The molecule has 0 amide bonds. The molecule has 0 N–H and O–H groups in total. The molecular formula is C13H15ClN2O. The Morgan fingerprint density at radius 1 is 1.35 bits per heavy atom. The van der Waals surface area contributed by atoms with Crippen LogP contribution in [-0.4, -0.2) is 22.6 Å². The maximum atomic E-state index is 6.13. The summed E-state index contributed by atoms with van der Waals surface area (Å²) in [5.74, 6) is 0.506. The zero-order valence-electron chi connectivity index (χ0n) is 9.82. The van der Waals surface area contributed by atoms with Crippen molar-refractivity contribution in [2.45, 2.75) is 25.7 Å². The number of fused-ring (bicyclic) bond motifs is 1. The molecule has 0 spiro atoms. The van der Waals surface area contributed by atoms with Gasteiger partial charge in [-0.1, -0.05) is 11.6 Å². The minimum absolute atomic E-state index is 0.506. The van der Waals surface area contributed by atoms with Crippen LogP contribution < -0.4 is 0 Å². The molecule has 0 atom stereocenters. The van der Waals surface area contributed by atoms with E-state index in [4.69, 9.17) is 16.3 Å². The van der Waals surface area contributed by atoms with Gasteiger partial charge in [-0.05, 0) is 31.9 Å². The molecule has 3 nitrogen and oxygen atoms in total. The van der Waals surface area contributed by atoms with Gasteiger partial charge in [0.25, 0.3) is 0 Å². The average molecular weight is 251 g/mol. The quantitative estimate of drug-likeness (QED) is 0.777. The van der Waals surface area contributed by atoms with Gasteiger partial charge < -0.3 is 9.14 Å². The molecule has 0 aromatic carbocycles. The van der Waals surface area contributed by atoms with Crippen LogP contribution in [-0.2, 0) is 4.74 Å². The van der Waals surface area contributed by atoms with Crippen LogP contribution in [0.4, 0.5) is 0 Å². The summed E-state index contributed by atoms with van der Waals surface area (Å²) in [6, 6.07) is 3.97. The molecule has 4 heteroatoms. The topological polar surface area (TPSA) is 26.5 Å². The summed E-state index contributed by atoms with van der Waals surface area (Å²) in [5.41, 5.74) is 3.43. The lowest BCUT2D eigenvalue weighted by atomic mass is 9.96. The zero-order chi connectivity index (χ0) is 11.8. The number of hydrogen-bond donors (Lipinski definition) is 0. The molecule has 1 aliphatic heterocycles. The van der Waals surface area contributed by atoms with Crippen molar-refractivity contribution in [2.24, 2.45) is 0 Å². The Morgan fingerprint density at radius 2 is 2.12 bits per heavy atom. The van der Waals surface area contributed by atoms with Crippen LogP contribution in [0.3, 0.4) is 0 Å². The predicted molar refractivity (Wildman–Crippen MR) is 67.7 cm³/mol. The average Bonchev–Trinajstić information content (AvgIpc) is 2.74. The second-order valence-corrected chi connectivity index (χ2v) is 5.02. The summed E-state index contributed by atoms with van der Waals surface area (Å²) in [7, 11) is 0. The van der Waals surface area contributed by atoms with Crippen molar-refractivity contribution >= 4 is 17.1 Å². The maximum absolute atomic E-state index is 6.13. The first kappa shape index (κ1) is 11.1. The van der Waals surface area contributed by atoms with Crippen LogP contribution in [0.5, 0.6) is 0 Å². The third-order valence-electron chi connectivity index (χ3n) is 3.44. The molecule has 0 unspecified atom stereocenters. The van der Waals surface area contributed by atoms with E-state index in [1.165, 1.54) is 5.69 Å². The van der Waals surface area contributed by atoms with Crippen molar-refractivity contribution < 1.29 is 4.74 Å². The van der Waals surface area contributed by atoms with E-state index in [0.29, 0.717) is 5.92 Å². The van der Waals surface area contributed by atoms with Gasteiger partial charge in [0.1, 0.15) is 0 Å². The van der Waals surface area contributed by atoms with Crippen LogP contribution in [0.2, 0.25) is 5.02 Å². The van der Waals surface area contributed by atoms with E-state index in [0.717, 1.165) is 42.3 Å². The second kappa shape index (κ2) is 4.31. The van der Waals surface area contributed by atoms with Crippen LogP contribution >= 0.6 is 11.6 Å². The van der Waals surface area contributed by atoms with E-state index in [1.807, 2.05) is 25.4 Å². The smallest absolute Gasteiger partial charge is 0.0997 e. The number of halogens is 1. The number of imidazole rings is 1. The van der Waals surface area contributed by atoms with Crippen molar-refractivity contribution in [1.82, 2.24) is 9.38 Å². The lowest BCUT2D eigenvalue weighted by molar-refractivity contribution is 0.0848. The monoisotopic (exact) mass is 250 g/mol. The van der Waals surface area contributed by atoms with Crippen LogP contribution in [0.15, 0.2) is 18.5 Å². The fourth-order valence-electron chi connectivity index (χ4n) is 2.52. The molecule has 3 rings (SSSR count). The number of pyridine rings is 1. The van der Waals surface area contributed by atoms with Crippen LogP contribution in [0.25, 0.3) is 5.52 Å². The normalized spacial score (nSPS) is 17.8. The van der Waals surface area contributed by atoms with Gasteiger partial charge in [0.2, 0.25) is 0 Å². The van der Waals surface area contributed by atoms with Gasteiger partial charge in [-0.3, -0.25) is 0 Å². The summed E-state index contributed by atoms with van der Waals surface area (Å²) in [4.78, 5) is 4.57. The highest BCUT2D eigenvalue weighted by molar-refractivity contribution is 6.31. The second-order valence-electron chi connectivity index (χ2n) is 4.59. The number of hydrogen-bond acceptors (Lipinski definition) is 2. The van der Waals surface area contributed by atoms with Gasteiger partial charge in [-0.15, -0.1) is 0 Å². The van der Waals surface area contributed by atoms with Crippen LogP contribution in [0, 0.1) is 6.92 Å². The van der Waals surface area contributed by atoms with Crippen molar-refractivity contribution in [1.29, 1.82) is 0 Å². The van der Waals surface area contributed by atoms with E-state index >= 15 is 0 Å². The summed E-state index contributed by atoms with van der Waals surface area (Å²) < 4.78 is 7.50. The van der Waals surface area contributed by atoms with Gasteiger partial charge in [0.15, 0.2) is 0 Å². The lowest BCUT2D eigenvalue weighted by Crippen LogP contribution is -2.14. The highest BCUT2D eigenvalue weighted by atomic mass is 35.5. The van der Waals surface area contributed by atoms with E-state index in [-0.39, 0.29) is 0 Å². The Hall–Kier alpha value is -1.06. The summed E-state index contributed by atoms with van der Waals surface area (Å²) in [5, 5.41) is 0.781. The first-order chi connectivity index (χ1) is 8.25. The van der Waals surface area contributed by atoms with Gasteiger partial charge in [0.05, 0.1) is 17.5 Å². The Balaban J connectivity index is 2.10. The van der Waals surface area contributed by atoms with Gasteiger partial charge in [-0.25, -0.2) is 4.98 Å². The molecule has 0 aliphatic carbocycles. The minimum atomic E-state index is 0.506. The molecule has 1 saturated heterocycles. The molecule has 0 bridgehead atoms. The molecule has 17 heavy (non-hydrogen) atoms. The van der Waals surface area contributed by atoms with Crippen molar-refractivity contribution in [3.05, 3.63) is 34.9 Å². The van der Waals surface area contributed by atoms with Gasteiger partial charge in [-0.2, -0.15) is 0 Å². The van der Waals surface area contributed by atoms with Crippen LogP contribution in [0.1, 0.15) is 30.1 Å². The first-order valence-corrected chi connectivity index (χ1v) is 6.34. The predicted octanol–water partition coefficient (Wildman–Crippen LogP) is 3.19. The minimum Gasteiger partial charge on any atom is -0.381 e. The molecule has 3 heterocycles. The van der Waals surface area contributed by atoms with E-state index in [9.17, 15) is 0 Å². The van der Waals surface area contributed by atoms with Crippen molar-refractivity contribution in [3.8, 4) is 0 Å². The summed E-state index contributed by atoms with van der Waals surface area (Å²) in [6.07, 6.45) is 4.00. The fourth-order valence-corrected chi connectivity index (χ4v) is 2.78. The van der Waals surface area contributed by atoms with E-state index in [2.05, 4.69) is 9.38 Å². The van der Waals surface area contributed by atoms with Crippen molar-refractivity contribution in [3.63, 3.8) is 0 Å². The number of ether oxygens (including phenoxy) is 1. The molecule has 1 aliphatic rings. The third-order valence-corrected chi connectivity index (χ3v) is 3.66. The maximum Gasteiger partial charge on any atom is 0.0997 e. The Kier molecular flexibility index (Phi) is 2.81. The molecule has 90 valence electrons. The Morgan fingerprint density at radius 3 is 2.88 bits per heavy atom. The van der Waals surface area contributed by atoms with Gasteiger partial charge in [0, 0.05) is 29.8 Å². The number of rotatable bonds is 1. The first-order valence-electron chi connectivity index (χ1n) is 5.96. The molecular weight excluding hydrogens is 236 g/mol. The lowest BCUT2D eigenvalue weighted by Gasteiger charge is -2.20. The number of aryl methyl sites for hydroxylation is 1. The van der Waals surface area contributed by atoms with E-state index in [1.54, 1.807) is 0 Å². The molecule has 0 radical (unpaired) electrons. The zero-order valence-corrected chi connectivity index (χ0v) is 10.6. The molecule has 0 saturated carbocycles. The summed E-state index contributed by atoms with van der Waals surface area (Å²) in [6.45, 7) is 3.72. The number of nitrogens with zero attached hydrogens (tertiary/aromatic N) is 2. The Labute approximate surface area is 105 Å².